The van der Waals surface area contributed by atoms with E-state index in [1.54, 1.807) is 0 Å². The molecule has 4 rings (SSSR count). The summed E-state index contributed by atoms with van der Waals surface area (Å²) in [6.45, 7) is 1.18. The quantitative estimate of drug-likeness (QED) is 0.761. The Labute approximate surface area is 176 Å². The summed E-state index contributed by atoms with van der Waals surface area (Å²) in [6, 6.07) is 10.3. The highest BCUT2D eigenvalue weighted by molar-refractivity contribution is 5.86. The number of aromatic amines is 1. The first-order valence-electron chi connectivity index (χ1n) is 10.8. The highest BCUT2D eigenvalue weighted by atomic mass is 16.4. The molecule has 2 aliphatic rings. The zero-order valence-electron chi connectivity index (χ0n) is 17.1. The van der Waals surface area contributed by atoms with Crippen molar-refractivity contribution < 1.29 is 14.7 Å². The maximum atomic E-state index is 13.0. The topological polar surface area (TPSA) is 100 Å². The highest BCUT2D eigenvalue weighted by Crippen LogP contribution is 2.27. The number of hydrogen-bond donors (Lipinski definition) is 2. The van der Waals surface area contributed by atoms with Gasteiger partial charge < -0.3 is 15.0 Å². The molecule has 2 amide bonds. The molecule has 1 aromatic heterocycles. The summed E-state index contributed by atoms with van der Waals surface area (Å²) in [5.41, 5.74) is 3.41. The summed E-state index contributed by atoms with van der Waals surface area (Å²) in [4.78, 5) is 31.2. The lowest BCUT2D eigenvalue weighted by atomic mass is 10.1. The van der Waals surface area contributed by atoms with Crippen molar-refractivity contribution in [1.29, 1.82) is 5.26 Å². The lowest BCUT2D eigenvalue weighted by Crippen LogP contribution is -2.49. The Morgan fingerprint density at radius 2 is 1.93 bits per heavy atom. The van der Waals surface area contributed by atoms with Crippen molar-refractivity contribution in [2.75, 3.05) is 13.1 Å². The number of carboxylic acid groups (broad SMARTS) is 1. The third-order valence-corrected chi connectivity index (χ3v) is 6.46. The van der Waals surface area contributed by atoms with Crippen molar-refractivity contribution in [2.24, 2.45) is 0 Å². The second-order valence-electron chi connectivity index (χ2n) is 8.37. The molecule has 0 spiro atoms. The van der Waals surface area contributed by atoms with Crippen LogP contribution >= 0.6 is 0 Å². The van der Waals surface area contributed by atoms with E-state index in [0.717, 1.165) is 61.7 Å². The Hall–Kier alpha value is -3.01. The zero-order valence-corrected chi connectivity index (χ0v) is 17.1. The molecule has 0 radical (unpaired) electrons. The number of fused-ring (bicyclic) bond motifs is 1. The number of rotatable bonds is 6. The normalized spacial score (nSPS) is 21.3. The van der Waals surface area contributed by atoms with E-state index in [1.807, 2.05) is 4.90 Å². The van der Waals surface area contributed by atoms with Crippen LogP contribution in [0.1, 0.15) is 49.8 Å². The number of H-pyrrole nitrogens is 1. The van der Waals surface area contributed by atoms with Crippen LogP contribution in [0, 0.1) is 11.3 Å². The Bertz CT molecular complexity index is 976. The minimum atomic E-state index is -0.992. The van der Waals surface area contributed by atoms with Crippen LogP contribution in [0.3, 0.4) is 0 Å². The fraction of sp³-hybridized carbons (Fsp3) is 0.522. The first-order chi connectivity index (χ1) is 14.6. The third-order valence-electron chi connectivity index (χ3n) is 6.46. The Morgan fingerprint density at radius 3 is 2.73 bits per heavy atom. The van der Waals surface area contributed by atoms with Crippen molar-refractivity contribution >= 4 is 22.9 Å². The molecule has 2 aromatic rings. The monoisotopic (exact) mass is 408 g/mol. The number of nitrogens with zero attached hydrogens (tertiary/aromatic N) is 3. The van der Waals surface area contributed by atoms with Gasteiger partial charge in [0.1, 0.15) is 6.04 Å². The van der Waals surface area contributed by atoms with Gasteiger partial charge in [-0.25, -0.2) is 4.79 Å². The molecule has 7 nitrogen and oxygen atoms in total. The average molecular weight is 409 g/mol. The lowest BCUT2D eigenvalue weighted by Gasteiger charge is -2.30. The second kappa shape index (κ2) is 8.78. The van der Waals surface area contributed by atoms with Crippen LogP contribution in [-0.2, 0) is 17.6 Å². The van der Waals surface area contributed by atoms with Gasteiger partial charge in [-0.3, -0.25) is 9.69 Å². The van der Waals surface area contributed by atoms with E-state index in [-0.39, 0.29) is 11.9 Å². The summed E-state index contributed by atoms with van der Waals surface area (Å²) in [5.74, 6) is -0.0174. The smallest absolute Gasteiger partial charge is 0.407 e. The van der Waals surface area contributed by atoms with Gasteiger partial charge in [0.25, 0.3) is 0 Å². The molecule has 2 aliphatic heterocycles. The van der Waals surface area contributed by atoms with Crippen molar-refractivity contribution in [2.45, 2.75) is 63.5 Å². The van der Waals surface area contributed by atoms with Crippen LogP contribution in [0.25, 0.3) is 10.9 Å². The summed E-state index contributed by atoms with van der Waals surface area (Å²) in [6.07, 6.45) is 5.36. The molecule has 2 N–H and O–H groups in total. The maximum absolute atomic E-state index is 13.0. The van der Waals surface area contributed by atoms with Crippen molar-refractivity contribution in [3.05, 3.63) is 35.5 Å². The van der Waals surface area contributed by atoms with Gasteiger partial charge in [-0.15, -0.1) is 0 Å². The highest BCUT2D eigenvalue weighted by Gasteiger charge is 2.39. The zero-order chi connectivity index (χ0) is 21.1. The van der Waals surface area contributed by atoms with E-state index in [0.29, 0.717) is 19.4 Å². The molecular formula is C23H28N4O3. The fourth-order valence-electron chi connectivity index (χ4n) is 4.92. The van der Waals surface area contributed by atoms with Crippen LogP contribution in [0.4, 0.5) is 4.79 Å². The molecule has 2 saturated heterocycles. The first-order valence-corrected chi connectivity index (χ1v) is 10.8. The summed E-state index contributed by atoms with van der Waals surface area (Å²) in [7, 11) is 0. The summed E-state index contributed by atoms with van der Waals surface area (Å²) < 4.78 is 0. The number of aryl methyl sites for hydroxylation is 2. The molecule has 3 heterocycles. The van der Waals surface area contributed by atoms with E-state index in [4.69, 9.17) is 5.26 Å². The van der Waals surface area contributed by atoms with Gasteiger partial charge >= 0.3 is 6.09 Å². The fourth-order valence-corrected chi connectivity index (χ4v) is 4.92. The van der Waals surface area contributed by atoms with E-state index in [9.17, 15) is 14.7 Å². The number of likely N-dealkylation sites (tertiary alicyclic amines) is 2. The number of nitrogens with one attached hydrogen (secondary N) is 1. The van der Waals surface area contributed by atoms with Gasteiger partial charge in [0.05, 0.1) is 6.07 Å². The van der Waals surface area contributed by atoms with Gasteiger partial charge in [-0.2, -0.15) is 5.26 Å². The number of amides is 2. The molecule has 1 aromatic carbocycles. The number of hydrogen-bond acceptors (Lipinski definition) is 3. The predicted octanol–water partition coefficient (Wildman–Crippen LogP) is 3.69. The molecule has 30 heavy (non-hydrogen) atoms. The number of aromatic nitrogens is 1. The molecule has 0 bridgehead atoms. The molecule has 7 heteroatoms. The number of nitriles is 1. The van der Waals surface area contributed by atoms with Crippen LogP contribution < -0.4 is 0 Å². The molecule has 158 valence electrons. The minimum Gasteiger partial charge on any atom is -0.465 e. The number of benzene rings is 1. The van der Waals surface area contributed by atoms with Crippen LogP contribution in [0.5, 0.6) is 0 Å². The lowest BCUT2D eigenvalue weighted by molar-refractivity contribution is -0.136. The Morgan fingerprint density at radius 1 is 1.13 bits per heavy atom. The maximum Gasteiger partial charge on any atom is 0.407 e. The van der Waals surface area contributed by atoms with Gasteiger partial charge in [0, 0.05) is 36.8 Å². The number of carbonyl (C=O) groups excluding carboxylic acids is 1. The van der Waals surface area contributed by atoms with E-state index in [2.05, 4.69) is 35.3 Å². The molecule has 2 atom stereocenters. The molecule has 0 unspecified atom stereocenters. The summed E-state index contributed by atoms with van der Waals surface area (Å²) >= 11 is 0. The average Bonchev–Trinajstić information content (AvgIpc) is 3.48. The van der Waals surface area contributed by atoms with E-state index >= 15 is 0 Å². The largest absolute Gasteiger partial charge is 0.465 e. The Balaban J connectivity index is 1.39. The third kappa shape index (κ3) is 4.13. The molecule has 0 saturated carbocycles. The second-order valence-corrected chi connectivity index (χ2v) is 8.37. The van der Waals surface area contributed by atoms with E-state index < -0.39 is 12.1 Å². The van der Waals surface area contributed by atoms with Gasteiger partial charge in [0.15, 0.2) is 0 Å². The standard InChI is InChI=1S/C23H28N4O3/c24-11-1-4-16-7-10-20-17(14-16)15-18(25-20)8-9-19-5-2-12-26(19)22(28)21-6-3-13-27(21)23(29)30/h7,10,14-15,19,21,25H,1-6,8-9,12-13H2,(H,29,30)/t19-,21+/m0/s1. The van der Waals surface area contributed by atoms with Gasteiger partial charge in [-0.1, -0.05) is 6.07 Å². The van der Waals surface area contributed by atoms with Crippen LogP contribution in [-0.4, -0.2) is 57.1 Å². The van der Waals surface area contributed by atoms with E-state index in [1.165, 1.54) is 10.5 Å². The molecule has 0 aliphatic carbocycles. The van der Waals surface area contributed by atoms with Gasteiger partial charge in [-0.05, 0) is 74.1 Å². The Kier molecular flexibility index (Phi) is 5.93. The first kappa shape index (κ1) is 20.3. The van der Waals surface area contributed by atoms with Crippen molar-refractivity contribution in [3.63, 3.8) is 0 Å². The van der Waals surface area contributed by atoms with Gasteiger partial charge in [0.2, 0.25) is 5.91 Å². The van der Waals surface area contributed by atoms with Crippen molar-refractivity contribution in [1.82, 2.24) is 14.8 Å². The summed E-state index contributed by atoms with van der Waals surface area (Å²) in [5, 5.41) is 19.3. The molecule has 2 fully saturated rings. The predicted molar refractivity (Wildman–Crippen MR) is 113 cm³/mol. The minimum absolute atomic E-state index is 0.0174. The number of carbonyl (C=O) groups is 2. The van der Waals surface area contributed by atoms with Crippen LogP contribution in [0.15, 0.2) is 24.3 Å². The van der Waals surface area contributed by atoms with Crippen LogP contribution in [0.2, 0.25) is 0 Å². The SMILES string of the molecule is N#CCCc1ccc2[nH]c(CC[C@@H]3CCCN3C(=O)[C@H]3CCCN3C(=O)O)cc2c1. The van der Waals surface area contributed by atoms with Crippen molar-refractivity contribution in [3.8, 4) is 6.07 Å². The molecular weight excluding hydrogens is 380 g/mol.